The Balaban J connectivity index is 1.20. The molecule has 6 rings (SSSR count). The van der Waals surface area contributed by atoms with E-state index in [-0.39, 0.29) is 5.91 Å². The summed E-state index contributed by atoms with van der Waals surface area (Å²) in [6.07, 6.45) is 5.32. The molecule has 0 aliphatic carbocycles. The van der Waals surface area contributed by atoms with Gasteiger partial charge >= 0.3 is 0 Å². The Kier molecular flexibility index (Phi) is 6.20. The second-order valence-corrected chi connectivity index (χ2v) is 9.92. The zero-order valence-corrected chi connectivity index (χ0v) is 20.9. The summed E-state index contributed by atoms with van der Waals surface area (Å²) >= 11 is 0. The van der Waals surface area contributed by atoms with Gasteiger partial charge < -0.3 is 19.9 Å². The van der Waals surface area contributed by atoms with E-state index in [1.807, 2.05) is 18.2 Å². The van der Waals surface area contributed by atoms with Crippen molar-refractivity contribution in [2.75, 3.05) is 25.5 Å². The quantitative estimate of drug-likeness (QED) is 0.358. The standard InChI is InChI=1S/C29H30N6O2/c1-3-27(36)32-21-5-4-6-24(13-21)37-29-25-14-26(33-28(25)30-18-31-29)20-9-7-19(8-10-20)15-35-22-11-12-23(35)17-34(2)16-22/h3-10,13-14,18,22-23H,1,11-12,15-17H2,2H3,(H,32,36)(H,30,31,33). The summed E-state index contributed by atoms with van der Waals surface area (Å²) < 4.78 is 6.08. The number of ether oxygens (including phenoxy) is 1. The van der Waals surface area contributed by atoms with Crippen LogP contribution in [0.5, 0.6) is 11.6 Å². The number of carbonyl (C=O) groups excluding carboxylic acids is 1. The number of fused-ring (bicyclic) bond motifs is 3. The molecule has 2 aliphatic heterocycles. The van der Waals surface area contributed by atoms with Crippen LogP contribution in [0.15, 0.2) is 73.6 Å². The average Bonchev–Trinajstić information content (AvgIpc) is 3.44. The molecule has 2 aromatic heterocycles. The number of nitrogens with zero attached hydrogens (tertiary/aromatic N) is 4. The topological polar surface area (TPSA) is 86.4 Å². The summed E-state index contributed by atoms with van der Waals surface area (Å²) in [6.45, 7) is 6.83. The molecular formula is C29H30N6O2. The van der Waals surface area contributed by atoms with Crippen molar-refractivity contribution in [2.45, 2.75) is 31.5 Å². The highest BCUT2D eigenvalue weighted by Gasteiger charge is 2.38. The molecule has 2 fully saturated rings. The number of aromatic amines is 1. The Morgan fingerprint density at radius 2 is 1.92 bits per heavy atom. The predicted octanol–water partition coefficient (Wildman–Crippen LogP) is 4.82. The molecule has 0 spiro atoms. The molecular weight excluding hydrogens is 464 g/mol. The number of benzene rings is 2. The molecule has 2 aromatic carbocycles. The van der Waals surface area contributed by atoms with E-state index >= 15 is 0 Å². The van der Waals surface area contributed by atoms with Gasteiger partial charge in [0.15, 0.2) is 0 Å². The largest absolute Gasteiger partial charge is 0.438 e. The number of anilines is 1. The molecule has 0 radical (unpaired) electrons. The number of H-pyrrole nitrogens is 1. The summed E-state index contributed by atoms with van der Waals surface area (Å²) in [6, 6.07) is 19.3. The first kappa shape index (κ1) is 23.4. The van der Waals surface area contributed by atoms with E-state index in [1.165, 1.54) is 43.9 Å². The third kappa shape index (κ3) is 4.85. The zero-order chi connectivity index (χ0) is 25.4. The van der Waals surface area contributed by atoms with Gasteiger partial charge in [-0.2, -0.15) is 0 Å². The maximum absolute atomic E-state index is 11.6. The Labute approximate surface area is 216 Å². The molecule has 4 aromatic rings. The lowest BCUT2D eigenvalue weighted by Crippen LogP contribution is -2.51. The van der Waals surface area contributed by atoms with Crippen molar-refractivity contribution in [3.05, 3.63) is 79.1 Å². The van der Waals surface area contributed by atoms with Crippen LogP contribution >= 0.6 is 0 Å². The van der Waals surface area contributed by atoms with Crippen LogP contribution in [0.3, 0.4) is 0 Å². The van der Waals surface area contributed by atoms with Crippen LogP contribution in [-0.2, 0) is 11.3 Å². The van der Waals surface area contributed by atoms with Crippen molar-refractivity contribution in [1.82, 2.24) is 24.8 Å². The smallest absolute Gasteiger partial charge is 0.247 e. The molecule has 2 aliphatic rings. The molecule has 4 heterocycles. The minimum absolute atomic E-state index is 0.279. The van der Waals surface area contributed by atoms with E-state index in [4.69, 9.17) is 4.74 Å². The molecule has 2 bridgehead atoms. The van der Waals surface area contributed by atoms with Crippen LogP contribution in [0.25, 0.3) is 22.3 Å². The zero-order valence-electron chi connectivity index (χ0n) is 20.9. The Morgan fingerprint density at radius 1 is 1.14 bits per heavy atom. The fraction of sp³-hybridized carbons (Fsp3) is 0.276. The van der Waals surface area contributed by atoms with Gasteiger partial charge in [-0.15, -0.1) is 0 Å². The lowest BCUT2D eigenvalue weighted by molar-refractivity contribution is -0.111. The van der Waals surface area contributed by atoms with Crippen molar-refractivity contribution in [2.24, 2.45) is 0 Å². The minimum Gasteiger partial charge on any atom is -0.438 e. The van der Waals surface area contributed by atoms with Gasteiger partial charge in [0, 0.05) is 49.2 Å². The Morgan fingerprint density at radius 3 is 2.68 bits per heavy atom. The molecule has 2 atom stereocenters. The van der Waals surface area contributed by atoms with Gasteiger partial charge in [-0.25, -0.2) is 9.97 Å². The van der Waals surface area contributed by atoms with E-state index in [0.717, 1.165) is 23.2 Å². The first-order valence-corrected chi connectivity index (χ1v) is 12.6. The number of nitrogens with one attached hydrogen (secondary N) is 2. The van der Waals surface area contributed by atoms with E-state index in [2.05, 4.69) is 68.0 Å². The summed E-state index contributed by atoms with van der Waals surface area (Å²) in [5, 5.41) is 3.53. The SMILES string of the molecule is C=CC(=O)Nc1cccc(Oc2ncnc3[nH]c(-c4ccc(CN5C6CCC5CN(C)C6)cc4)cc23)c1. The second-order valence-electron chi connectivity index (χ2n) is 9.92. The van der Waals surface area contributed by atoms with Gasteiger partial charge in [0.05, 0.1) is 5.39 Å². The highest BCUT2D eigenvalue weighted by atomic mass is 16.5. The van der Waals surface area contributed by atoms with Gasteiger partial charge in [0.2, 0.25) is 11.8 Å². The summed E-state index contributed by atoms with van der Waals surface area (Å²) in [5.74, 6) is 0.729. The number of rotatable bonds is 7. The number of piperazine rings is 1. The highest BCUT2D eigenvalue weighted by Crippen LogP contribution is 2.33. The molecule has 8 nitrogen and oxygen atoms in total. The van der Waals surface area contributed by atoms with E-state index < -0.39 is 0 Å². The number of carbonyl (C=O) groups is 1. The van der Waals surface area contributed by atoms with Gasteiger partial charge in [-0.3, -0.25) is 9.69 Å². The maximum atomic E-state index is 11.6. The van der Waals surface area contributed by atoms with Crippen LogP contribution < -0.4 is 10.1 Å². The van der Waals surface area contributed by atoms with Crippen molar-refractivity contribution in [1.29, 1.82) is 0 Å². The normalized spacial score (nSPS) is 19.7. The molecule has 2 unspecified atom stereocenters. The molecule has 1 amide bonds. The fourth-order valence-electron chi connectivity index (χ4n) is 5.56. The average molecular weight is 495 g/mol. The number of likely N-dealkylation sites (tertiary alicyclic amines) is 1. The third-order valence-corrected chi connectivity index (χ3v) is 7.34. The van der Waals surface area contributed by atoms with Crippen molar-refractivity contribution in [3.8, 4) is 22.9 Å². The number of aromatic nitrogens is 3. The predicted molar refractivity (Wildman–Crippen MR) is 145 cm³/mol. The Bertz CT molecular complexity index is 1430. The maximum Gasteiger partial charge on any atom is 0.247 e. The van der Waals surface area contributed by atoms with Crippen molar-refractivity contribution < 1.29 is 9.53 Å². The first-order chi connectivity index (χ1) is 18.1. The number of likely N-dealkylation sites (N-methyl/N-ethyl adjacent to an activating group) is 1. The second kappa shape index (κ2) is 9.80. The summed E-state index contributed by atoms with van der Waals surface area (Å²) in [5.41, 5.74) is 4.71. The minimum atomic E-state index is -0.279. The van der Waals surface area contributed by atoms with Gasteiger partial charge in [0.25, 0.3) is 0 Å². The van der Waals surface area contributed by atoms with Crippen LogP contribution in [0.2, 0.25) is 0 Å². The number of hydrogen-bond acceptors (Lipinski definition) is 6. The molecule has 2 N–H and O–H groups in total. The van der Waals surface area contributed by atoms with E-state index in [1.54, 1.807) is 12.1 Å². The van der Waals surface area contributed by atoms with Crippen molar-refractivity contribution in [3.63, 3.8) is 0 Å². The summed E-state index contributed by atoms with van der Waals surface area (Å²) in [4.78, 5) is 28.9. The molecule has 2 saturated heterocycles. The Hall–Kier alpha value is -4.01. The molecule has 37 heavy (non-hydrogen) atoms. The fourth-order valence-corrected chi connectivity index (χ4v) is 5.56. The van der Waals surface area contributed by atoms with Gasteiger partial charge in [-0.1, -0.05) is 36.9 Å². The lowest BCUT2D eigenvalue weighted by Gasteiger charge is -2.39. The highest BCUT2D eigenvalue weighted by molar-refractivity contribution is 5.99. The molecule has 0 saturated carbocycles. The lowest BCUT2D eigenvalue weighted by atomic mass is 10.1. The van der Waals surface area contributed by atoms with Gasteiger partial charge in [0.1, 0.15) is 17.7 Å². The molecule has 8 heteroatoms. The third-order valence-electron chi connectivity index (χ3n) is 7.34. The van der Waals surface area contributed by atoms with Crippen LogP contribution in [0.1, 0.15) is 18.4 Å². The molecule has 188 valence electrons. The van der Waals surface area contributed by atoms with Crippen LogP contribution in [0.4, 0.5) is 5.69 Å². The number of hydrogen-bond donors (Lipinski definition) is 2. The monoisotopic (exact) mass is 494 g/mol. The number of amides is 1. The van der Waals surface area contributed by atoms with E-state index in [9.17, 15) is 4.79 Å². The van der Waals surface area contributed by atoms with Crippen LogP contribution in [-0.4, -0.2) is 62.9 Å². The first-order valence-electron chi connectivity index (χ1n) is 12.6. The van der Waals surface area contributed by atoms with Crippen molar-refractivity contribution >= 4 is 22.6 Å². The van der Waals surface area contributed by atoms with Gasteiger partial charge in [-0.05, 0) is 55.3 Å². The summed E-state index contributed by atoms with van der Waals surface area (Å²) in [7, 11) is 2.24. The van der Waals surface area contributed by atoms with E-state index in [0.29, 0.717) is 35.0 Å². The van der Waals surface area contributed by atoms with Crippen LogP contribution in [0, 0.1) is 0 Å².